The van der Waals surface area contributed by atoms with E-state index in [2.05, 4.69) is 9.97 Å². The van der Waals surface area contributed by atoms with Crippen LogP contribution in [0.5, 0.6) is 0 Å². The first-order chi connectivity index (χ1) is 14.7. The molecule has 1 aliphatic heterocycles. The number of rotatable bonds is 3. The number of aliphatic hydroxyl groups excluding tert-OH is 1. The Balaban J connectivity index is 0.000000158. The van der Waals surface area contributed by atoms with Crippen molar-refractivity contribution in [1.29, 1.82) is 0 Å². The van der Waals surface area contributed by atoms with Crippen molar-refractivity contribution in [2.24, 2.45) is 0 Å². The zero-order valence-corrected chi connectivity index (χ0v) is 16.1. The second-order valence-electron chi connectivity index (χ2n) is 6.74. The average molecular weight is 397 g/mol. The molecule has 5 rings (SSSR count). The normalized spacial score (nSPS) is 13.0. The number of hydrogen-bond acceptors (Lipinski definition) is 5. The van der Waals surface area contributed by atoms with E-state index in [1.807, 2.05) is 60.7 Å². The number of benzene rings is 2. The number of carbonyl (C=O) groups is 2. The van der Waals surface area contributed by atoms with E-state index in [-0.39, 0.29) is 25.0 Å². The summed E-state index contributed by atoms with van der Waals surface area (Å²) in [5, 5.41) is 11.1. The molecule has 6 heteroatoms. The van der Waals surface area contributed by atoms with Gasteiger partial charge in [0, 0.05) is 40.9 Å². The fourth-order valence-corrected chi connectivity index (χ4v) is 3.35. The standard InChI is InChI=1S/C14H10N2O2.C10H9NO/c17-12-6-7-13(18)16(12)9-11-4-1-3-10-5-2-8-15-14(10)11;12-7-9-4-1-3-8-5-2-6-11-10(8)9/h1-8H,9H2;1-6,12H,7H2. The lowest BCUT2D eigenvalue weighted by Crippen LogP contribution is -2.29. The third kappa shape index (κ3) is 3.94. The van der Waals surface area contributed by atoms with Crippen LogP contribution in [0.3, 0.4) is 0 Å². The lowest BCUT2D eigenvalue weighted by atomic mass is 10.1. The van der Waals surface area contributed by atoms with Crippen LogP contribution >= 0.6 is 0 Å². The molecule has 2 aromatic heterocycles. The Morgan fingerprint density at radius 1 is 0.700 bits per heavy atom. The quantitative estimate of drug-likeness (QED) is 0.536. The minimum Gasteiger partial charge on any atom is -0.392 e. The summed E-state index contributed by atoms with van der Waals surface area (Å²) in [4.78, 5) is 32.8. The Morgan fingerprint density at radius 3 is 1.77 bits per heavy atom. The Bertz CT molecular complexity index is 1240. The maximum absolute atomic E-state index is 11.5. The second-order valence-corrected chi connectivity index (χ2v) is 6.74. The summed E-state index contributed by atoms with van der Waals surface area (Å²) in [6, 6.07) is 19.2. The number of aliphatic hydroxyl groups is 1. The molecule has 0 radical (unpaired) electrons. The van der Waals surface area contributed by atoms with Crippen LogP contribution in [0.25, 0.3) is 21.8 Å². The Labute approximate surface area is 173 Å². The van der Waals surface area contributed by atoms with Crippen molar-refractivity contribution < 1.29 is 14.7 Å². The van der Waals surface area contributed by atoms with Crippen LogP contribution in [0.4, 0.5) is 0 Å². The first-order valence-electron chi connectivity index (χ1n) is 9.47. The topological polar surface area (TPSA) is 83.4 Å². The molecule has 4 aromatic rings. The van der Waals surface area contributed by atoms with Gasteiger partial charge in [-0.1, -0.05) is 48.5 Å². The van der Waals surface area contributed by atoms with Crippen LogP contribution in [-0.2, 0) is 22.7 Å². The van der Waals surface area contributed by atoms with Crippen molar-refractivity contribution in [1.82, 2.24) is 14.9 Å². The number of carbonyl (C=O) groups excluding carboxylic acids is 2. The number of imide groups is 1. The van der Waals surface area contributed by atoms with Gasteiger partial charge in [0.05, 0.1) is 24.2 Å². The number of para-hydroxylation sites is 2. The van der Waals surface area contributed by atoms with E-state index >= 15 is 0 Å². The van der Waals surface area contributed by atoms with E-state index in [4.69, 9.17) is 5.11 Å². The molecule has 1 N–H and O–H groups in total. The van der Waals surface area contributed by atoms with E-state index in [0.29, 0.717) is 0 Å². The van der Waals surface area contributed by atoms with Gasteiger partial charge in [-0.05, 0) is 17.7 Å². The average Bonchev–Trinajstić information content (AvgIpc) is 3.11. The van der Waals surface area contributed by atoms with Gasteiger partial charge in [-0.2, -0.15) is 0 Å². The predicted molar refractivity (Wildman–Crippen MR) is 114 cm³/mol. The van der Waals surface area contributed by atoms with E-state index in [1.54, 1.807) is 12.4 Å². The number of pyridine rings is 2. The molecule has 1 aliphatic rings. The molecule has 0 spiro atoms. The van der Waals surface area contributed by atoms with Crippen molar-refractivity contribution in [2.75, 3.05) is 0 Å². The Morgan fingerprint density at radius 2 is 1.20 bits per heavy atom. The molecule has 2 aromatic carbocycles. The summed E-state index contributed by atoms with van der Waals surface area (Å²) < 4.78 is 0. The highest BCUT2D eigenvalue weighted by atomic mass is 16.3. The molecular weight excluding hydrogens is 378 g/mol. The molecule has 0 saturated heterocycles. The molecular formula is C24H19N3O3. The maximum atomic E-state index is 11.5. The third-order valence-electron chi connectivity index (χ3n) is 4.83. The minimum atomic E-state index is -0.270. The van der Waals surface area contributed by atoms with Gasteiger partial charge in [0.15, 0.2) is 0 Å². The largest absolute Gasteiger partial charge is 0.392 e. The van der Waals surface area contributed by atoms with E-state index in [0.717, 1.165) is 32.9 Å². The number of nitrogens with zero attached hydrogens (tertiary/aromatic N) is 3. The van der Waals surface area contributed by atoms with Gasteiger partial charge in [-0.25, -0.2) is 0 Å². The highest BCUT2D eigenvalue weighted by Crippen LogP contribution is 2.19. The van der Waals surface area contributed by atoms with Crippen LogP contribution in [0, 0.1) is 0 Å². The summed E-state index contributed by atoms with van der Waals surface area (Å²) in [6.45, 7) is 0.313. The van der Waals surface area contributed by atoms with Crippen LogP contribution in [-0.4, -0.2) is 31.8 Å². The third-order valence-corrected chi connectivity index (χ3v) is 4.83. The minimum absolute atomic E-state index is 0.0500. The summed E-state index contributed by atoms with van der Waals surface area (Å²) in [5.74, 6) is -0.541. The second kappa shape index (κ2) is 8.63. The van der Waals surface area contributed by atoms with Gasteiger partial charge in [-0.15, -0.1) is 0 Å². The SMILES string of the molecule is O=C1C=CC(=O)N1Cc1cccc2cccnc12.OCc1cccc2cccnc12. The van der Waals surface area contributed by atoms with Crippen molar-refractivity contribution in [3.8, 4) is 0 Å². The van der Waals surface area contributed by atoms with Gasteiger partial charge in [-0.3, -0.25) is 24.5 Å². The zero-order valence-electron chi connectivity index (χ0n) is 16.1. The Kier molecular flexibility index (Phi) is 5.59. The van der Waals surface area contributed by atoms with Gasteiger partial charge in [0.1, 0.15) is 0 Å². The monoisotopic (exact) mass is 397 g/mol. The van der Waals surface area contributed by atoms with Crippen LogP contribution in [0.15, 0.2) is 85.2 Å². The molecule has 0 atom stereocenters. The van der Waals surface area contributed by atoms with E-state index in [1.165, 1.54) is 17.1 Å². The van der Waals surface area contributed by atoms with Crippen molar-refractivity contribution in [3.05, 3.63) is 96.3 Å². The molecule has 0 aliphatic carbocycles. The van der Waals surface area contributed by atoms with Crippen molar-refractivity contribution in [3.63, 3.8) is 0 Å². The first kappa shape index (κ1) is 19.4. The number of hydrogen-bond donors (Lipinski definition) is 1. The molecule has 6 nitrogen and oxygen atoms in total. The smallest absolute Gasteiger partial charge is 0.253 e. The van der Waals surface area contributed by atoms with Crippen LogP contribution in [0.1, 0.15) is 11.1 Å². The molecule has 2 amide bonds. The lowest BCUT2D eigenvalue weighted by molar-refractivity contribution is -0.137. The highest BCUT2D eigenvalue weighted by molar-refractivity contribution is 6.12. The lowest BCUT2D eigenvalue weighted by Gasteiger charge is -2.14. The molecule has 0 saturated carbocycles. The number of aromatic nitrogens is 2. The number of fused-ring (bicyclic) bond motifs is 2. The zero-order chi connectivity index (χ0) is 20.9. The summed E-state index contributed by atoms with van der Waals surface area (Å²) in [7, 11) is 0. The van der Waals surface area contributed by atoms with Gasteiger partial charge in [0.2, 0.25) is 0 Å². The number of amides is 2. The first-order valence-corrected chi connectivity index (χ1v) is 9.47. The molecule has 148 valence electrons. The van der Waals surface area contributed by atoms with Gasteiger partial charge < -0.3 is 5.11 Å². The van der Waals surface area contributed by atoms with Crippen LogP contribution in [0.2, 0.25) is 0 Å². The fraction of sp³-hybridized carbons (Fsp3) is 0.0833. The maximum Gasteiger partial charge on any atom is 0.253 e. The van der Waals surface area contributed by atoms with E-state index in [9.17, 15) is 9.59 Å². The molecule has 3 heterocycles. The molecule has 0 bridgehead atoms. The fourth-order valence-electron chi connectivity index (χ4n) is 3.35. The summed E-state index contributed by atoms with van der Waals surface area (Å²) in [6.07, 6.45) is 6.03. The Hall–Kier alpha value is -3.90. The van der Waals surface area contributed by atoms with Crippen molar-refractivity contribution in [2.45, 2.75) is 13.2 Å². The molecule has 0 fully saturated rings. The van der Waals surface area contributed by atoms with E-state index < -0.39 is 0 Å². The van der Waals surface area contributed by atoms with Gasteiger partial charge in [0.25, 0.3) is 11.8 Å². The highest BCUT2D eigenvalue weighted by Gasteiger charge is 2.23. The van der Waals surface area contributed by atoms with Crippen molar-refractivity contribution >= 4 is 33.6 Å². The van der Waals surface area contributed by atoms with Gasteiger partial charge >= 0.3 is 0 Å². The summed E-state index contributed by atoms with van der Waals surface area (Å²) >= 11 is 0. The molecule has 0 unspecified atom stereocenters. The van der Waals surface area contributed by atoms with Crippen LogP contribution < -0.4 is 0 Å². The predicted octanol–water partition coefficient (Wildman–Crippen LogP) is 3.39. The molecule has 30 heavy (non-hydrogen) atoms. The summed E-state index contributed by atoms with van der Waals surface area (Å²) in [5.41, 5.74) is 3.47.